The van der Waals surface area contributed by atoms with Crippen LogP contribution in [0.15, 0.2) is 46.2 Å². The van der Waals surface area contributed by atoms with Crippen molar-refractivity contribution in [1.29, 1.82) is 0 Å². The summed E-state index contributed by atoms with van der Waals surface area (Å²) < 4.78 is 28.3. The Balaban J connectivity index is 1.91. The quantitative estimate of drug-likeness (QED) is 0.813. The van der Waals surface area contributed by atoms with Crippen LogP contribution in [0.3, 0.4) is 0 Å². The number of thioether (sulfide) groups is 1. The molecule has 144 valence electrons. The van der Waals surface area contributed by atoms with E-state index < -0.39 is 10.0 Å². The predicted molar refractivity (Wildman–Crippen MR) is 111 cm³/mol. The standard InChI is InChI=1S/C19H23N3O3S2/c1-12-5-6-14(9-17(12)22(3)4)21-27(24,25)15-7-8-18-16(10-15)20-19(23)13(2)11-26-18/h5-10,13,21H,11H2,1-4H3,(H,20,23)/t13-/m0/s1. The first-order valence-electron chi connectivity index (χ1n) is 8.56. The maximum absolute atomic E-state index is 12.8. The monoisotopic (exact) mass is 405 g/mol. The third-order valence-corrected chi connectivity index (χ3v) is 7.11. The van der Waals surface area contributed by atoms with Crippen LogP contribution in [0.2, 0.25) is 0 Å². The van der Waals surface area contributed by atoms with Crippen LogP contribution in [0.5, 0.6) is 0 Å². The lowest BCUT2D eigenvalue weighted by Gasteiger charge is -2.18. The zero-order chi connectivity index (χ0) is 19.8. The SMILES string of the molecule is Cc1ccc(NS(=O)(=O)c2ccc3c(c2)NC(=O)[C@@H](C)CS3)cc1N(C)C. The number of amides is 1. The zero-order valence-corrected chi connectivity index (χ0v) is 17.4. The highest BCUT2D eigenvalue weighted by Crippen LogP contribution is 2.34. The van der Waals surface area contributed by atoms with Crippen molar-refractivity contribution in [1.82, 2.24) is 0 Å². The second-order valence-corrected chi connectivity index (χ2v) is 9.60. The molecule has 1 aliphatic heterocycles. The fraction of sp³-hybridized carbons (Fsp3) is 0.316. The average molecular weight is 406 g/mol. The average Bonchev–Trinajstić information content (AvgIpc) is 2.74. The number of hydrogen-bond acceptors (Lipinski definition) is 5. The lowest BCUT2D eigenvalue weighted by atomic mass is 10.2. The summed E-state index contributed by atoms with van der Waals surface area (Å²) in [5.74, 6) is 0.440. The van der Waals surface area contributed by atoms with E-state index >= 15 is 0 Å². The Hall–Kier alpha value is -2.19. The Morgan fingerprint density at radius 3 is 2.63 bits per heavy atom. The number of sulfonamides is 1. The van der Waals surface area contributed by atoms with Crippen molar-refractivity contribution in [2.45, 2.75) is 23.6 Å². The summed E-state index contributed by atoms with van der Waals surface area (Å²) in [4.78, 5) is 15.0. The van der Waals surface area contributed by atoms with Crippen molar-refractivity contribution < 1.29 is 13.2 Å². The highest BCUT2D eigenvalue weighted by atomic mass is 32.2. The molecule has 0 saturated heterocycles. The summed E-state index contributed by atoms with van der Waals surface area (Å²) in [6.45, 7) is 3.83. The second-order valence-electron chi connectivity index (χ2n) is 6.86. The molecule has 3 rings (SSSR count). The van der Waals surface area contributed by atoms with Crippen molar-refractivity contribution in [3.8, 4) is 0 Å². The molecular weight excluding hydrogens is 382 g/mol. The Labute approximate surface area is 164 Å². The Bertz CT molecular complexity index is 988. The Kier molecular flexibility index (Phi) is 5.39. The van der Waals surface area contributed by atoms with E-state index in [1.807, 2.05) is 38.9 Å². The van der Waals surface area contributed by atoms with Gasteiger partial charge in [-0.25, -0.2) is 8.42 Å². The maximum atomic E-state index is 12.8. The fourth-order valence-corrected chi connectivity index (χ4v) is 4.90. The van der Waals surface area contributed by atoms with Crippen LogP contribution in [0.4, 0.5) is 17.1 Å². The van der Waals surface area contributed by atoms with Crippen molar-refractivity contribution in [3.63, 3.8) is 0 Å². The van der Waals surface area contributed by atoms with Crippen LogP contribution >= 0.6 is 11.8 Å². The third kappa shape index (κ3) is 4.22. The number of carbonyl (C=O) groups is 1. The van der Waals surface area contributed by atoms with Gasteiger partial charge in [0.15, 0.2) is 0 Å². The fourth-order valence-electron chi connectivity index (χ4n) is 2.81. The van der Waals surface area contributed by atoms with E-state index in [9.17, 15) is 13.2 Å². The van der Waals surface area contributed by atoms with Crippen LogP contribution in [-0.4, -0.2) is 34.2 Å². The van der Waals surface area contributed by atoms with Gasteiger partial charge in [-0.15, -0.1) is 11.8 Å². The molecule has 0 spiro atoms. The van der Waals surface area contributed by atoms with E-state index in [1.54, 1.807) is 36.0 Å². The molecule has 2 aromatic carbocycles. The van der Waals surface area contributed by atoms with Crippen LogP contribution in [0.1, 0.15) is 12.5 Å². The second kappa shape index (κ2) is 7.44. The van der Waals surface area contributed by atoms with E-state index in [4.69, 9.17) is 0 Å². The van der Waals surface area contributed by atoms with Crippen LogP contribution < -0.4 is 14.9 Å². The van der Waals surface area contributed by atoms with Gasteiger partial charge in [-0.05, 0) is 42.8 Å². The zero-order valence-electron chi connectivity index (χ0n) is 15.7. The van der Waals surface area contributed by atoms with Gasteiger partial charge in [0.05, 0.1) is 16.3 Å². The van der Waals surface area contributed by atoms with E-state index in [1.165, 1.54) is 6.07 Å². The van der Waals surface area contributed by atoms with Crippen LogP contribution in [0.25, 0.3) is 0 Å². The van der Waals surface area contributed by atoms with Crippen molar-refractivity contribution in [3.05, 3.63) is 42.0 Å². The number of hydrogen-bond donors (Lipinski definition) is 2. The summed E-state index contributed by atoms with van der Waals surface area (Å²) >= 11 is 1.55. The van der Waals surface area contributed by atoms with E-state index in [2.05, 4.69) is 10.0 Å². The number of nitrogens with one attached hydrogen (secondary N) is 2. The van der Waals surface area contributed by atoms with Gasteiger partial charge in [0.25, 0.3) is 10.0 Å². The number of aryl methyl sites for hydroxylation is 1. The molecule has 2 N–H and O–H groups in total. The first kappa shape index (κ1) is 19.6. The van der Waals surface area contributed by atoms with Gasteiger partial charge in [-0.1, -0.05) is 13.0 Å². The highest BCUT2D eigenvalue weighted by Gasteiger charge is 2.23. The number of benzene rings is 2. The van der Waals surface area contributed by atoms with Crippen LogP contribution in [-0.2, 0) is 14.8 Å². The molecule has 1 atom stereocenters. The molecule has 1 aliphatic rings. The van der Waals surface area contributed by atoms with Gasteiger partial charge >= 0.3 is 0 Å². The first-order valence-corrected chi connectivity index (χ1v) is 11.0. The summed E-state index contributed by atoms with van der Waals surface area (Å²) in [6.07, 6.45) is 0. The van der Waals surface area contributed by atoms with E-state index in [-0.39, 0.29) is 16.7 Å². The maximum Gasteiger partial charge on any atom is 0.261 e. The normalized spacial score (nSPS) is 16.9. The van der Waals surface area contributed by atoms with Gasteiger partial charge in [-0.3, -0.25) is 9.52 Å². The Morgan fingerprint density at radius 2 is 1.93 bits per heavy atom. The molecule has 0 aliphatic carbocycles. The van der Waals surface area contributed by atoms with Gasteiger partial charge in [0.1, 0.15) is 0 Å². The minimum Gasteiger partial charge on any atom is -0.377 e. The van der Waals surface area contributed by atoms with Crippen molar-refractivity contribution in [2.75, 3.05) is 34.8 Å². The Morgan fingerprint density at radius 1 is 1.19 bits per heavy atom. The molecule has 0 fully saturated rings. The smallest absolute Gasteiger partial charge is 0.261 e. The molecule has 0 aromatic heterocycles. The van der Waals surface area contributed by atoms with Gasteiger partial charge < -0.3 is 10.2 Å². The van der Waals surface area contributed by atoms with Gasteiger partial charge in [0, 0.05) is 36.3 Å². The largest absolute Gasteiger partial charge is 0.377 e. The molecule has 1 heterocycles. The molecular formula is C19H23N3O3S2. The number of carbonyl (C=O) groups excluding carboxylic acids is 1. The molecule has 0 unspecified atom stereocenters. The van der Waals surface area contributed by atoms with E-state index in [0.717, 1.165) is 16.1 Å². The van der Waals surface area contributed by atoms with Gasteiger partial charge in [0.2, 0.25) is 5.91 Å². The summed E-state index contributed by atoms with van der Waals surface area (Å²) in [7, 11) is 0.0481. The van der Waals surface area contributed by atoms with Crippen LogP contribution in [0, 0.1) is 12.8 Å². The first-order chi connectivity index (χ1) is 12.7. The molecule has 6 nitrogen and oxygen atoms in total. The minimum atomic E-state index is -3.77. The lowest BCUT2D eigenvalue weighted by Crippen LogP contribution is -2.20. The lowest BCUT2D eigenvalue weighted by molar-refractivity contribution is -0.118. The summed E-state index contributed by atoms with van der Waals surface area (Å²) in [5, 5.41) is 2.82. The molecule has 0 radical (unpaired) electrons. The number of rotatable bonds is 4. The molecule has 2 aromatic rings. The third-order valence-electron chi connectivity index (χ3n) is 4.40. The van der Waals surface area contributed by atoms with E-state index in [0.29, 0.717) is 17.1 Å². The van der Waals surface area contributed by atoms with Gasteiger partial charge in [-0.2, -0.15) is 0 Å². The topological polar surface area (TPSA) is 78.5 Å². The molecule has 0 bridgehead atoms. The molecule has 27 heavy (non-hydrogen) atoms. The molecule has 8 heteroatoms. The molecule has 0 saturated carbocycles. The summed E-state index contributed by atoms with van der Waals surface area (Å²) in [5.41, 5.74) is 3.03. The minimum absolute atomic E-state index is 0.0992. The summed E-state index contributed by atoms with van der Waals surface area (Å²) in [6, 6.07) is 10.2. The van der Waals surface area contributed by atoms with Crippen molar-refractivity contribution >= 4 is 44.8 Å². The number of nitrogens with zero attached hydrogens (tertiary/aromatic N) is 1. The highest BCUT2D eigenvalue weighted by molar-refractivity contribution is 7.99. The predicted octanol–water partition coefficient (Wildman–Crippen LogP) is 3.54. The van der Waals surface area contributed by atoms with Crippen molar-refractivity contribution in [2.24, 2.45) is 5.92 Å². The molecule has 1 amide bonds. The number of fused-ring (bicyclic) bond motifs is 1. The number of anilines is 3.